The number of nitrogens with zero attached hydrogens (tertiary/aromatic N) is 3. The molecule has 0 fully saturated rings. The van der Waals surface area contributed by atoms with E-state index in [2.05, 4.69) is 15.4 Å². The molecule has 1 amide bonds. The second-order valence-corrected chi connectivity index (χ2v) is 7.85. The van der Waals surface area contributed by atoms with E-state index in [1.165, 1.54) is 33.0 Å². The molecule has 0 aliphatic carbocycles. The minimum atomic E-state index is -0.414. The number of aromatic nitrogens is 3. The Bertz CT molecular complexity index is 1160. The van der Waals surface area contributed by atoms with Gasteiger partial charge in [-0.15, -0.1) is 22.7 Å². The molecule has 27 heavy (non-hydrogen) atoms. The van der Waals surface area contributed by atoms with E-state index in [1.807, 2.05) is 30.5 Å². The molecule has 0 aliphatic rings. The fourth-order valence-corrected chi connectivity index (χ4v) is 4.07. The lowest BCUT2D eigenvalue weighted by Gasteiger charge is -2.06. The van der Waals surface area contributed by atoms with E-state index >= 15 is 0 Å². The number of rotatable bonds is 4. The van der Waals surface area contributed by atoms with Crippen LogP contribution in [0.4, 0.5) is 5.13 Å². The first-order valence-electron chi connectivity index (χ1n) is 8.10. The summed E-state index contributed by atoms with van der Waals surface area (Å²) in [5.41, 5.74) is 1.27. The van der Waals surface area contributed by atoms with Crippen molar-refractivity contribution in [1.29, 1.82) is 0 Å². The number of nitrogens with one attached hydrogen (secondary N) is 1. The maximum absolute atomic E-state index is 12.5. The molecule has 0 radical (unpaired) electrons. The Morgan fingerprint density at radius 2 is 1.89 bits per heavy atom. The maximum Gasteiger partial charge on any atom is 0.277 e. The highest BCUT2D eigenvalue weighted by atomic mass is 32.1. The fourth-order valence-electron chi connectivity index (χ4n) is 2.46. The van der Waals surface area contributed by atoms with E-state index in [0.29, 0.717) is 10.8 Å². The van der Waals surface area contributed by atoms with Crippen LogP contribution in [0.5, 0.6) is 0 Å². The molecule has 4 rings (SSSR count). The van der Waals surface area contributed by atoms with E-state index in [0.717, 1.165) is 10.6 Å². The van der Waals surface area contributed by atoms with Gasteiger partial charge in [0.25, 0.3) is 11.5 Å². The van der Waals surface area contributed by atoms with Gasteiger partial charge in [-0.25, -0.2) is 4.98 Å². The second kappa shape index (κ2) is 7.26. The van der Waals surface area contributed by atoms with Gasteiger partial charge in [0, 0.05) is 16.3 Å². The third kappa shape index (κ3) is 3.71. The van der Waals surface area contributed by atoms with Crippen molar-refractivity contribution in [2.75, 3.05) is 5.32 Å². The molecule has 0 saturated carbocycles. The van der Waals surface area contributed by atoms with Crippen molar-refractivity contribution < 1.29 is 4.79 Å². The number of thiazole rings is 1. The van der Waals surface area contributed by atoms with Crippen LogP contribution in [0.3, 0.4) is 0 Å². The van der Waals surface area contributed by atoms with Gasteiger partial charge in [-0.2, -0.15) is 9.78 Å². The summed E-state index contributed by atoms with van der Waals surface area (Å²) in [6.45, 7) is 2.04. The van der Waals surface area contributed by atoms with Crippen molar-refractivity contribution in [3.63, 3.8) is 0 Å². The van der Waals surface area contributed by atoms with Gasteiger partial charge in [-0.05, 0) is 37.3 Å². The van der Waals surface area contributed by atoms with Gasteiger partial charge in [0.2, 0.25) is 0 Å². The first-order chi connectivity index (χ1) is 13.1. The summed E-state index contributed by atoms with van der Waals surface area (Å²) in [6, 6.07) is 15.8. The van der Waals surface area contributed by atoms with E-state index in [-0.39, 0.29) is 11.3 Å². The van der Waals surface area contributed by atoms with Crippen LogP contribution < -0.4 is 10.9 Å². The first kappa shape index (κ1) is 17.3. The number of para-hydroxylation sites is 1. The summed E-state index contributed by atoms with van der Waals surface area (Å²) >= 11 is 3.00. The van der Waals surface area contributed by atoms with Crippen LogP contribution in [-0.2, 0) is 0 Å². The Balaban J connectivity index is 1.57. The van der Waals surface area contributed by atoms with Gasteiger partial charge in [0.15, 0.2) is 5.13 Å². The number of carbonyl (C=O) groups is 1. The Kier molecular flexibility index (Phi) is 4.66. The third-order valence-corrected chi connectivity index (χ3v) is 5.53. The molecular weight excluding hydrogens is 380 g/mol. The Morgan fingerprint density at radius 1 is 1.07 bits per heavy atom. The van der Waals surface area contributed by atoms with Gasteiger partial charge >= 0.3 is 0 Å². The molecule has 0 unspecified atom stereocenters. The molecule has 3 aromatic heterocycles. The molecule has 0 saturated heterocycles. The van der Waals surface area contributed by atoms with Crippen LogP contribution in [0.1, 0.15) is 15.4 Å². The molecule has 6 nitrogen and oxygen atoms in total. The predicted molar refractivity (Wildman–Crippen MR) is 108 cm³/mol. The molecular formula is C19H14N4O2S2. The van der Waals surface area contributed by atoms with E-state index < -0.39 is 5.91 Å². The largest absolute Gasteiger partial charge is 0.296 e. The molecule has 3 heterocycles. The predicted octanol–water partition coefficient (Wildman–Crippen LogP) is 3.98. The van der Waals surface area contributed by atoms with Gasteiger partial charge in [-0.3, -0.25) is 14.9 Å². The highest BCUT2D eigenvalue weighted by molar-refractivity contribution is 7.17. The van der Waals surface area contributed by atoms with Crippen molar-refractivity contribution in [3.8, 4) is 16.3 Å². The van der Waals surface area contributed by atoms with Crippen LogP contribution >= 0.6 is 22.7 Å². The van der Waals surface area contributed by atoms with Gasteiger partial charge in [0.05, 0.1) is 16.3 Å². The zero-order valence-electron chi connectivity index (χ0n) is 14.2. The van der Waals surface area contributed by atoms with Gasteiger partial charge < -0.3 is 0 Å². The number of carbonyl (C=O) groups excluding carboxylic acids is 1. The highest BCUT2D eigenvalue weighted by Crippen LogP contribution is 2.30. The Labute approximate surface area is 162 Å². The zero-order chi connectivity index (χ0) is 18.8. The number of aryl methyl sites for hydroxylation is 1. The molecule has 1 N–H and O–H groups in total. The van der Waals surface area contributed by atoms with Crippen molar-refractivity contribution in [3.05, 3.63) is 80.9 Å². The van der Waals surface area contributed by atoms with E-state index in [1.54, 1.807) is 35.6 Å². The maximum atomic E-state index is 12.5. The summed E-state index contributed by atoms with van der Waals surface area (Å²) in [6.07, 6.45) is 0. The first-order valence-corrected chi connectivity index (χ1v) is 9.79. The second-order valence-electron chi connectivity index (χ2n) is 5.71. The van der Waals surface area contributed by atoms with Gasteiger partial charge in [0.1, 0.15) is 5.69 Å². The number of hydrogen-bond acceptors (Lipinski definition) is 6. The lowest BCUT2D eigenvalue weighted by molar-refractivity contribution is 0.102. The Morgan fingerprint density at radius 3 is 2.63 bits per heavy atom. The van der Waals surface area contributed by atoms with Crippen molar-refractivity contribution in [2.24, 2.45) is 0 Å². The summed E-state index contributed by atoms with van der Waals surface area (Å²) in [7, 11) is 0. The fraction of sp³-hybridized carbons (Fsp3) is 0.0526. The molecule has 8 heteroatoms. The van der Waals surface area contributed by atoms with Gasteiger partial charge in [-0.1, -0.05) is 18.2 Å². The molecule has 0 atom stereocenters. The average molecular weight is 394 g/mol. The van der Waals surface area contributed by atoms with Crippen LogP contribution in [0.15, 0.2) is 64.8 Å². The zero-order valence-corrected chi connectivity index (χ0v) is 15.9. The van der Waals surface area contributed by atoms with Crippen LogP contribution in [0.25, 0.3) is 16.3 Å². The SMILES string of the molecule is Cc1ccc(-c2csc(NC(=O)c3ccc(=O)n(-c4ccccc4)n3)n2)s1. The lowest BCUT2D eigenvalue weighted by atomic mass is 10.3. The lowest BCUT2D eigenvalue weighted by Crippen LogP contribution is -2.24. The normalized spacial score (nSPS) is 10.7. The van der Waals surface area contributed by atoms with Crippen molar-refractivity contribution in [1.82, 2.24) is 14.8 Å². The van der Waals surface area contributed by atoms with E-state index in [4.69, 9.17) is 0 Å². The molecule has 4 aromatic rings. The van der Waals surface area contributed by atoms with Crippen LogP contribution in [0.2, 0.25) is 0 Å². The van der Waals surface area contributed by atoms with Crippen molar-refractivity contribution >= 4 is 33.7 Å². The molecule has 134 valence electrons. The number of thiophene rings is 1. The molecule has 0 aliphatic heterocycles. The minimum Gasteiger partial charge on any atom is -0.296 e. The number of anilines is 1. The Hall–Kier alpha value is -3.10. The summed E-state index contributed by atoms with van der Waals surface area (Å²) in [5, 5.41) is 9.31. The quantitative estimate of drug-likeness (QED) is 0.568. The molecule has 0 spiro atoms. The molecule has 1 aromatic carbocycles. The number of amides is 1. The average Bonchev–Trinajstić information content (AvgIpc) is 3.31. The highest BCUT2D eigenvalue weighted by Gasteiger charge is 2.14. The monoisotopic (exact) mass is 394 g/mol. The van der Waals surface area contributed by atoms with E-state index in [9.17, 15) is 9.59 Å². The standard InChI is InChI=1S/C19H14N4O2S2/c1-12-7-9-16(27-12)15-11-26-19(20-15)21-18(25)14-8-10-17(24)23(22-14)13-5-3-2-4-6-13/h2-11H,1H3,(H,20,21,25). The van der Waals surface area contributed by atoms with Crippen LogP contribution in [-0.4, -0.2) is 20.7 Å². The summed E-state index contributed by atoms with van der Waals surface area (Å²) in [4.78, 5) is 31.3. The summed E-state index contributed by atoms with van der Waals surface area (Å²) < 4.78 is 1.20. The molecule has 0 bridgehead atoms. The summed E-state index contributed by atoms with van der Waals surface area (Å²) in [5.74, 6) is -0.414. The van der Waals surface area contributed by atoms with Crippen molar-refractivity contribution in [2.45, 2.75) is 6.92 Å². The number of hydrogen-bond donors (Lipinski definition) is 1. The van der Waals surface area contributed by atoms with Crippen LogP contribution in [0, 0.1) is 6.92 Å². The minimum absolute atomic E-state index is 0.141. The third-order valence-electron chi connectivity index (χ3n) is 3.75. The smallest absolute Gasteiger partial charge is 0.277 e. The topological polar surface area (TPSA) is 76.9 Å². The number of benzene rings is 1.